The molecule has 2 heterocycles. The molecule has 0 N–H and O–H groups in total. The van der Waals surface area contributed by atoms with Gasteiger partial charge in [0, 0.05) is 19.1 Å². The zero-order chi connectivity index (χ0) is 15.2. The molecule has 22 heavy (non-hydrogen) atoms. The summed E-state index contributed by atoms with van der Waals surface area (Å²) in [6.45, 7) is 3.68. The first-order valence-electron chi connectivity index (χ1n) is 8.89. The van der Waals surface area contributed by atoms with E-state index < -0.39 is 0 Å². The first kappa shape index (κ1) is 15.5. The maximum Gasteiger partial charge on any atom is 0.236 e. The number of nitrogens with zero attached hydrogens (tertiary/aromatic N) is 2. The quantitative estimate of drug-likeness (QED) is 0.834. The van der Waals surface area contributed by atoms with Gasteiger partial charge in [0.1, 0.15) is 0 Å². The highest BCUT2D eigenvalue weighted by molar-refractivity contribution is 5.78. The van der Waals surface area contributed by atoms with Crippen molar-refractivity contribution < 1.29 is 4.79 Å². The molecular formula is C19H28N2O. The van der Waals surface area contributed by atoms with E-state index in [1.807, 2.05) is 0 Å². The highest BCUT2D eigenvalue weighted by Gasteiger charge is 2.27. The van der Waals surface area contributed by atoms with Crippen LogP contribution in [-0.2, 0) is 11.2 Å². The number of piperidine rings is 1. The van der Waals surface area contributed by atoms with Crippen LogP contribution in [0.4, 0.5) is 0 Å². The number of likely N-dealkylation sites (tertiary alicyclic amines) is 2. The Hall–Kier alpha value is -1.35. The number of amides is 1. The zero-order valence-electron chi connectivity index (χ0n) is 13.5. The van der Waals surface area contributed by atoms with Crippen LogP contribution in [0, 0.1) is 0 Å². The van der Waals surface area contributed by atoms with Crippen molar-refractivity contribution in [2.75, 3.05) is 26.2 Å². The minimum Gasteiger partial charge on any atom is -0.342 e. The van der Waals surface area contributed by atoms with Crippen molar-refractivity contribution in [1.82, 2.24) is 9.80 Å². The Bertz CT molecular complexity index is 468. The van der Waals surface area contributed by atoms with Gasteiger partial charge in [-0.3, -0.25) is 9.69 Å². The maximum absolute atomic E-state index is 12.5. The average Bonchev–Trinajstić information content (AvgIpc) is 3.02. The van der Waals surface area contributed by atoms with Gasteiger partial charge in [-0.25, -0.2) is 0 Å². The van der Waals surface area contributed by atoms with Gasteiger partial charge in [-0.05, 0) is 57.1 Å². The number of carbonyl (C=O) groups excluding carboxylic acids is 1. The van der Waals surface area contributed by atoms with Crippen LogP contribution in [0.2, 0.25) is 0 Å². The summed E-state index contributed by atoms with van der Waals surface area (Å²) >= 11 is 0. The monoisotopic (exact) mass is 300 g/mol. The predicted octanol–water partition coefficient (Wildman–Crippen LogP) is 3.10. The third kappa shape index (κ3) is 4.10. The van der Waals surface area contributed by atoms with Crippen LogP contribution >= 0.6 is 0 Å². The van der Waals surface area contributed by atoms with Crippen LogP contribution < -0.4 is 0 Å². The van der Waals surface area contributed by atoms with Gasteiger partial charge in [0.05, 0.1) is 6.54 Å². The SMILES string of the molecule is O=C(CN1CCC[C@H]1CCc1ccccc1)N1CCCCC1. The van der Waals surface area contributed by atoms with Gasteiger partial charge in [0.2, 0.25) is 5.91 Å². The second-order valence-electron chi connectivity index (χ2n) is 6.73. The Morgan fingerprint density at radius 1 is 1.00 bits per heavy atom. The Balaban J connectivity index is 1.48. The van der Waals surface area contributed by atoms with Crippen molar-refractivity contribution in [1.29, 1.82) is 0 Å². The highest BCUT2D eigenvalue weighted by Crippen LogP contribution is 2.22. The fraction of sp³-hybridized carbons (Fsp3) is 0.632. The molecule has 3 heteroatoms. The summed E-state index contributed by atoms with van der Waals surface area (Å²) in [7, 11) is 0. The lowest BCUT2D eigenvalue weighted by atomic mass is 10.0. The minimum absolute atomic E-state index is 0.353. The molecule has 1 aromatic carbocycles. The first-order valence-corrected chi connectivity index (χ1v) is 8.89. The van der Waals surface area contributed by atoms with Gasteiger partial charge in [-0.1, -0.05) is 30.3 Å². The van der Waals surface area contributed by atoms with Crippen LogP contribution in [0.3, 0.4) is 0 Å². The van der Waals surface area contributed by atoms with E-state index in [0.717, 1.165) is 26.1 Å². The largest absolute Gasteiger partial charge is 0.342 e. The van der Waals surface area contributed by atoms with Crippen LogP contribution in [0.15, 0.2) is 30.3 Å². The van der Waals surface area contributed by atoms with Crippen LogP contribution in [0.1, 0.15) is 44.1 Å². The third-order valence-corrected chi connectivity index (χ3v) is 5.16. The average molecular weight is 300 g/mol. The Morgan fingerprint density at radius 2 is 1.77 bits per heavy atom. The summed E-state index contributed by atoms with van der Waals surface area (Å²) < 4.78 is 0. The molecule has 0 radical (unpaired) electrons. The summed E-state index contributed by atoms with van der Waals surface area (Å²) in [5, 5.41) is 0. The van der Waals surface area contributed by atoms with Gasteiger partial charge in [-0.2, -0.15) is 0 Å². The molecule has 0 unspecified atom stereocenters. The first-order chi connectivity index (χ1) is 10.8. The van der Waals surface area contributed by atoms with Gasteiger partial charge >= 0.3 is 0 Å². The van der Waals surface area contributed by atoms with Crippen molar-refractivity contribution in [3.8, 4) is 0 Å². The standard InChI is InChI=1S/C19H28N2O/c22-19(20-13-5-2-6-14-20)16-21-15-7-10-18(21)12-11-17-8-3-1-4-9-17/h1,3-4,8-9,18H,2,5-7,10-16H2/t18-/m0/s1. The molecule has 1 aromatic rings. The third-order valence-electron chi connectivity index (χ3n) is 5.16. The van der Waals surface area contributed by atoms with Crippen molar-refractivity contribution in [2.24, 2.45) is 0 Å². The second kappa shape index (κ2) is 7.77. The van der Waals surface area contributed by atoms with E-state index in [0.29, 0.717) is 18.5 Å². The van der Waals surface area contributed by atoms with E-state index in [2.05, 4.69) is 40.1 Å². The van der Waals surface area contributed by atoms with Crippen LogP contribution in [0.5, 0.6) is 0 Å². The summed E-state index contributed by atoms with van der Waals surface area (Å²) in [6.07, 6.45) is 8.45. The molecule has 0 spiro atoms. The van der Waals surface area contributed by atoms with E-state index in [9.17, 15) is 4.79 Å². The van der Waals surface area contributed by atoms with E-state index in [1.54, 1.807) is 0 Å². The van der Waals surface area contributed by atoms with E-state index in [1.165, 1.54) is 44.1 Å². The van der Waals surface area contributed by atoms with Gasteiger partial charge in [-0.15, -0.1) is 0 Å². The van der Waals surface area contributed by atoms with Crippen molar-refractivity contribution >= 4 is 5.91 Å². The molecule has 2 aliphatic rings. The molecule has 0 bridgehead atoms. The van der Waals surface area contributed by atoms with E-state index >= 15 is 0 Å². The van der Waals surface area contributed by atoms with Crippen LogP contribution in [0.25, 0.3) is 0 Å². The second-order valence-corrected chi connectivity index (χ2v) is 6.73. The normalized spacial score (nSPS) is 22.9. The highest BCUT2D eigenvalue weighted by atomic mass is 16.2. The molecule has 0 aliphatic carbocycles. The number of hydrogen-bond acceptors (Lipinski definition) is 2. The molecule has 2 fully saturated rings. The molecular weight excluding hydrogens is 272 g/mol. The van der Waals surface area contributed by atoms with Gasteiger partial charge < -0.3 is 4.90 Å². The van der Waals surface area contributed by atoms with E-state index in [-0.39, 0.29) is 0 Å². The molecule has 120 valence electrons. The lowest BCUT2D eigenvalue weighted by molar-refractivity contribution is -0.133. The molecule has 3 nitrogen and oxygen atoms in total. The number of aryl methyl sites for hydroxylation is 1. The molecule has 1 atom stereocenters. The summed E-state index contributed by atoms with van der Waals surface area (Å²) in [6, 6.07) is 11.3. The molecule has 0 aromatic heterocycles. The fourth-order valence-corrected chi connectivity index (χ4v) is 3.83. The number of benzene rings is 1. The fourth-order valence-electron chi connectivity index (χ4n) is 3.83. The minimum atomic E-state index is 0.353. The molecule has 2 saturated heterocycles. The van der Waals surface area contributed by atoms with Crippen LogP contribution in [-0.4, -0.2) is 47.9 Å². The lowest BCUT2D eigenvalue weighted by Gasteiger charge is -2.30. The van der Waals surface area contributed by atoms with Crippen molar-refractivity contribution in [2.45, 2.75) is 51.0 Å². The molecule has 1 amide bonds. The number of rotatable bonds is 5. The van der Waals surface area contributed by atoms with Gasteiger partial charge in [0.15, 0.2) is 0 Å². The summed E-state index contributed by atoms with van der Waals surface area (Å²) in [4.78, 5) is 17.0. The summed E-state index contributed by atoms with van der Waals surface area (Å²) in [5.41, 5.74) is 1.41. The molecule has 3 rings (SSSR count). The zero-order valence-corrected chi connectivity index (χ0v) is 13.5. The van der Waals surface area contributed by atoms with Crippen molar-refractivity contribution in [3.05, 3.63) is 35.9 Å². The number of hydrogen-bond donors (Lipinski definition) is 0. The Labute approximate surface area is 134 Å². The molecule has 2 aliphatic heterocycles. The topological polar surface area (TPSA) is 23.6 Å². The Morgan fingerprint density at radius 3 is 2.55 bits per heavy atom. The molecule has 0 saturated carbocycles. The predicted molar refractivity (Wildman–Crippen MR) is 89.8 cm³/mol. The van der Waals surface area contributed by atoms with E-state index in [4.69, 9.17) is 0 Å². The number of carbonyl (C=O) groups is 1. The smallest absolute Gasteiger partial charge is 0.236 e. The lowest BCUT2D eigenvalue weighted by Crippen LogP contribution is -2.44. The van der Waals surface area contributed by atoms with Crippen molar-refractivity contribution in [3.63, 3.8) is 0 Å². The summed E-state index contributed by atoms with van der Waals surface area (Å²) in [5.74, 6) is 0.353. The maximum atomic E-state index is 12.5. The Kier molecular flexibility index (Phi) is 5.49. The van der Waals surface area contributed by atoms with Gasteiger partial charge in [0.25, 0.3) is 0 Å².